The molecule has 0 aliphatic rings. The summed E-state index contributed by atoms with van der Waals surface area (Å²) >= 11 is 0. The van der Waals surface area contributed by atoms with Crippen molar-refractivity contribution < 1.29 is 19.1 Å². The Hall–Kier alpha value is -3.80. The van der Waals surface area contributed by atoms with Gasteiger partial charge < -0.3 is 14.8 Å². The van der Waals surface area contributed by atoms with Crippen molar-refractivity contribution in [2.24, 2.45) is 5.41 Å². The Kier molecular flexibility index (Phi) is 8.25. The molecule has 0 aliphatic heterocycles. The molecule has 6 heteroatoms. The van der Waals surface area contributed by atoms with E-state index in [0.717, 1.165) is 22.4 Å². The van der Waals surface area contributed by atoms with Crippen LogP contribution in [0.25, 0.3) is 0 Å². The van der Waals surface area contributed by atoms with Crippen LogP contribution in [0.4, 0.5) is 16.2 Å². The fraction of sp³-hybridized carbons (Fsp3) is 0.375. The summed E-state index contributed by atoms with van der Waals surface area (Å²) in [7, 11) is 0. The molecule has 202 valence electrons. The highest BCUT2D eigenvalue weighted by atomic mass is 16.6. The van der Waals surface area contributed by atoms with Crippen molar-refractivity contribution in [3.63, 3.8) is 0 Å². The second kappa shape index (κ2) is 10.9. The van der Waals surface area contributed by atoms with E-state index in [1.54, 1.807) is 12.1 Å². The van der Waals surface area contributed by atoms with Crippen LogP contribution < -0.4 is 20.1 Å². The van der Waals surface area contributed by atoms with Gasteiger partial charge in [-0.15, -0.1) is 0 Å². The zero-order valence-corrected chi connectivity index (χ0v) is 24.0. The van der Waals surface area contributed by atoms with Gasteiger partial charge in [0.2, 0.25) is 0 Å². The van der Waals surface area contributed by atoms with Gasteiger partial charge in [-0.25, -0.2) is 4.79 Å². The van der Waals surface area contributed by atoms with Crippen LogP contribution in [0.2, 0.25) is 0 Å². The van der Waals surface area contributed by atoms with Crippen LogP contribution in [0.3, 0.4) is 0 Å². The number of amides is 1. The summed E-state index contributed by atoms with van der Waals surface area (Å²) in [5.74, 6) is 0.705. The Balaban J connectivity index is 1.66. The molecule has 2 N–H and O–H groups in total. The van der Waals surface area contributed by atoms with Crippen LogP contribution in [-0.2, 0) is 10.2 Å². The van der Waals surface area contributed by atoms with Gasteiger partial charge in [0.1, 0.15) is 11.5 Å². The van der Waals surface area contributed by atoms with Gasteiger partial charge in [0.25, 0.3) is 0 Å². The topological polar surface area (TPSA) is 76.7 Å². The standard InChI is InChI=1S/C32H40N2O4/c1-21-10-15-24(34-31(5,6)7)20-27(21)33-29(36)38-26-18-13-23(14-19-26)32(8,9)22-11-16-25(17-12-22)37-28(35)30(2,3)4/h10-20,34H,1-9H3,(H,33,36). The van der Waals surface area contributed by atoms with Crippen LogP contribution in [0.1, 0.15) is 72.1 Å². The maximum absolute atomic E-state index is 12.6. The lowest BCUT2D eigenvalue weighted by atomic mass is 9.78. The van der Waals surface area contributed by atoms with Crippen molar-refractivity contribution in [3.05, 3.63) is 83.4 Å². The van der Waals surface area contributed by atoms with Crippen molar-refractivity contribution >= 4 is 23.4 Å². The van der Waals surface area contributed by atoms with Gasteiger partial charge in [0, 0.05) is 22.3 Å². The van der Waals surface area contributed by atoms with Crippen molar-refractivity contribution in [3.8, 4) is 11.5 Å². The van der Waals surface area contributed by atoms with Crippen molar-refractivity contribution in [2.45, 2.75) is 73.3 Å². The van der Waals surface area contributed by atoms with E-state index in [1.165, 1.54) is 0 Å². The molecule has 0 aromatic heterocycles. The van der Waals surface area contributed by atoms with Crippen LogP contribution >= 0.6 is 0 Å². The molecular weight excluding hydrogens is 476 g/mol. The summed E-state index contributed by atoms with van der Waals surface area (Å²) in [6, 6.07) is 20.9. The monoisotopic (exact) mass is 516 g/mol. The number of ether oxygens (including phenoxy) is 2. The highest BCUT2D eigenvalue weighted by Crippen LogP contribution is 2.34. The van der Waals surface area contributed by atoms with E-state index in [-0.39, 0.29) is 16.9 Å². The second-order valence-corrected chi connectivity index (χ2v) is 12.2. The third kappa shape index (κ3) is 7.60. The first-order valence-electron chi connectivity index (χ1n) is 12.9. The number of aryl methyl sites for hydroxylation is 1. The van der Waals surface area contributed by atoms with E-state index in [4.69, 9.17) is 9.47 Å². The van der Waals surface area contributed by atoms with E-state index in [2.05, 4.69) is 45.3 Å². The second-order valence-electron chi connectivity index (χ2n) is 12.2. The quantitative estimate of drug-likeness (QED) is 0.256. The van der Waals surface area contributed by atoms with E-state index in [1.807, 2.05) is 82.3 Å². The lowest BCUT2D eigenvalue weighted by Gasteiger charge is -2.26. The number of hydrogen-bond acceptors (Lipinski definition) is 5. The van der Waals surface area contributed by atoms with Gasteiger partial charge in [0.05, 0.1) is 5.41 Å². The molecule has 0 bridgehead atoms. The summed E-state index contributed by atoms with van der Waals surface area (Å²) in [5, 5.41) is 6.25. The number of hydrogen-bond donors (Lipinski definition) is 2. The molecule has 0 radical (unpaired) electrons. The Morgan fingerprint density at radius 1 is 0.684 bits per heavy atom. The molecule has 0 saturated carbocycles. The maximum atomic E-state index is 12.6. The predicted molar refractivity (Wildman–Crippen MR) is 154 cm³/mol. The molecular formula is C32H40N2O4. The molecule has 1 amide bonds. The molecule has 3 rings (SSSR count). The number of anilines is 2. The summed E-state index contributed by atoms with van der Waals surface area (Å²) in [6.07, 6.45) is -0.548. The molecule has 0 saturated heterocycles. The molecule has 0 unspecified atom stereocenters. The molecule has 0 fully saturated rings. The number of carbonyl (C=O) groups excluding carboxylic acids is 2. The Bertz CT molecular complexity index is 1280. The normalized spacial score (nSPS) is 12.0. The van der Waals surface area contributed by atoms with Gasteiger partial charge in [-0.1, -0.05) is 44.2 Å². The molecule has 38 heavy (non-hydrogen) atoms. The first-order chi connectivity index (χ1) is 17.5. The average molecular weight is 517 g/mol. The van der Waals surface area contributed by atoms with E-state index in [0.29, 0.717) is 17.2 Å². The third-order valence-electron chi connectivity index (χ3n) is 6.18. The van der Waals surface area contributed by atoms with Crippen LogP contribution in [0.15, 0.2) is 66.7 Å². The van der Waals surface area contributed by atoms with Crippen molar-refractivity contribution in [2.75, 3.05) is 10.6 Å². The molecule has 6 nitrogen and oxygen atoms in total. The van der Waals surface area contributed by atoms with Gasteiger partial charge in [-0.2, -0.15) is 0 Å². The van der Waals surface area contributed by atoms with Crippen molar-refractivity contribution in [1.29, 1.82) is 0 Å². The number of rotatable bonds is 6. The summed E-state index contributed by atoms with van der Waals surface area (Å²) in [4.78, 5) is 24.8. The average Bonchev–Trinajstić information content (AvgIpc) is 2.80. The molecule has 0 atom stereocenters. The minimum Gasteiger partial charge on any atom is -0.426 e. The zero-order chi connectivity index (χ0) is 28.3. The smallest absolute Gasteiger partial charge is 0.417 e. The molecule has 3 aromatic carbocycles. The highest BCUT2D eigenvalue weighted by Gasteiger charge is 2.26. The Morgan fingerprint density at radius 3 is 1.66 bits per heavy atom. The fourth-order valence-electron chi connectivity index (χ4n) is 3.82. The lowest BCUT2D eigenvalue weighted by molar-refractivity contribution is -0.143. The minimum atomic E-state index is -0.564. The SMILES string of the molecule is Cc1ccc(NC(C)(C)C)cc1NC(=O)Oc1ccc(C(C)(C)c2ccc(OC(=O)C(C)(C)C)cc2)cc1. The van der Waals surface area contributed by atoms with Crippen LogP contribution in [0.5, 0.6) is 11.5 Å². The fourth-order valence-corrected chi connectivity index (χ4v) is 3.82. The zero-order valence-electron chi connectivity index (χ0n) is 24.0. The van der Waals surface area contributed by atoms with Gasteiger partial charge in [-0.3, -0.25) is 10.1 Å². The van der Waals surface area contributed by atoms with E-state index in [9.17, 15) is 9.59 Å². The molecule has 0 aliphatic carbocycles. The van der Waals surface area contributed by atoms with Gasteiger partial charge in [-0.05, 0) is 102 Å². The predicted octanol–water partition coefficient (Wildman–Crippen LogP) is 8.09. The molecule has 0 spiro atoms. The summed E-state index contributed by atoms with van der Waals surface area (Å²) < 4.78 is 11.0. The van der Waals surface area contributed by atoms with Gasteiger partial charge in [0.15, 0.2) is 0 Å². The molecule has 3 aromatic rings. The van der Waals surface area contributed by atoms with Crippen LogP contribution in [0, 0.1) is 12.3 Å². The Morgan fingerprint density at radius 2 is 1.18 bits per heavy atom. The Labute approximate surface area is 226 Å². The highest BCUT2D eigenvalue weighted by molar-refractivity contribution is 5.88. The van der Waals surface area contributed by atoms with Crippen molar-refractivity contribution in [1.82, 2.24) is 0 Å². The number of carbonyl (C=O) groups is 2. The largest absolute Gasteiger partial charge is 0.426 e. The van der Waals surface area contributed by atoms with Crippen LogP contribution in [-0.4, -0.2) is 17.6 Å². The minimum absolute atomic E-state index is 0.0936. The first kappa shape index (κ1) is 28.8. The van der Waals surface area contributed by atoms with Gasteiger partial charge >= 0.3 is 12.1 Å². The maximum Gasteiger partial charge on any atom is 0.417 e. The lowest BCUT2D eigenvalue weighted by Crippen LogP contribution is -2.26. The van der Waals surface area contributed by atoms with E-state index >= 15 is 0 Å². The van der Waals surface area contributed by atoms with E-state index < -0.39 is 11.5 Å². The summed E-state index contributed by atoms with van der Waals surface area (Å²) in [6.45, 7) is 17.9. The number of esters is 1. The third-order valence-corrected chi connectivity index (χ3v) is 6.18. The molecule has 0 heterocycles. The first-order valence-corrected chi connectivity index (χ1v) is 12.9. The number of nitrogens with one attached hydrogen (secondary N) is 2. The summed E-state index contributed by atoms with van der Waals surface area (Å²) in [5.41, 5.74) is 3.71. The number of benzene rings is 3.